The number of rotatable bonds is 5. The van der Waals surface area contributed by atoms with Gasteiger partial charge in [0.15, 0.2) is 0 Å². The van der Waals surface area contributed by atoms with Gasteiger partial charge in [-0.2, -0.15) is 0 Å². The van der Waals surface area contributed by atoms with Gasteiger partial charge in [-0.15, -0.1) is 0 Å². The molecular weight excluding hydrogens is 242 g/mol. The van der Waals surface area contributed by atoms with E-state index in [1.165, 1.54) is 23.9 Å². The third-order valence-corrected chi connectivity index (χ3v) is 2.86. The molecule has 0 unspecified atom stereocenters. The van der Waals surface area contributed by atoms with Crippen LogP contribution in [0.25, 0.3) is 0 Å². The molecule has 0 spiro atoms. The summed E-state index contributed by atoms with van der Waals surface area (Å²) in [7, 11) is 0. The number of anilines is 1. The fourth-order valence-corrected chi connectivity index (χ4v) is 1.72. The van der Waals surface area contributed by atoms with Gasteiger partial charge < -0.3 is 5.32 Å². The lowest BCUT2D eigenvalue weighted by molar-refractivity contribution is -0.384. The van der Waals surface area contributed by atoms with E-state index in [-0.39, 0.29) is 5.69 Å². The Labute approximate surface area is 111 Å². The molecule has 0 radical (unpaired) electrons. The van der Waals surface area contributed by atoms with Crippen LogP contribution in [-0.2, 0) is 13.0 Å². The Bertz CT molecular complexity index is 567. The van der Waals surface area contributed by atoms with E-state index >= 15 is 0 Å². The monoisotopic (exact) mass is 257 g/mol. The predicted octanol–water partition coefficient (Wildman–Crippen LogP) is 3.16. The number of hydrogen-bond donors (Lipinski definition) is 1. The molecule has 0 fully saturated rings. The smallest absolute Gasteiger partial charge is 0.274 e. The summed E-state index contributed by atoms with van der Waals surface area (Å²) in [5, 5.41) is 13.7. The first kappa shape index (κ1) is 13.0. The van der Waals surface area contributed by atoms with Crippen LogP contribution in [0.2, 0.25) is 0 Å². The molecular formula is C14H15N3O2. The molecule has 0 saturated carbocycles. The van der Waals surface area contributed by atoms with Crippen molar-refractivity contribution in [3.63, 3.8) is 0 Å². The molecule has 0 bridgehead atoms. The van der Waals surface area contributed by atoms with E-state index in [0.29, 0.717) is 12.4 Å². The number of nitrogens with zero attached hydrogens (tertiary/aromatic N) is 2. The van der Waals surface area contributed by atoms with E-state index in [9.17, 15) is 10.1 Å². The highest BCUT2D eigenvalue weighted by Crippen LogP contribution is 2.15. The van der Waals surface area contributed by atoms with Gasteiger partial charge in [-0.25, -0.2) is 4.98 Å². The Morgan fingerprint density at radius 2 is 1.89 bits per heavy atom. The molecule has 0 aliphatic rings. The van der Waals surface area contributed by atoms with Crippen molar-refractivity contribution in [3.8, 4) is 0 Å². The largest absolute Gasteiger partial charge is 0.366 e. The van der Waals surface area contributed by atoms with Crippen LogP contribution in [0.5, 0.6) is 0 Å². The summed E-state index contributed by atoms with van der Waals surface area (Å²) in [5.41, 5.74) is 2.45. The second-order valence-corrected chi connectivity index (χ2v) is 4.18. The Hall–Kier alpha value is -2.43. The second-order valence-electron chi connectivity index (χ2n) is 4.18. The zero-order valence-corrected chi connectivity index (χ0v) is 10.7. The molecule has 1 aromatic heterocycles. The molecule has 0 aliphatic carbocycles. The first-order valence-corrected chi connectivity index (χ1v) is 6.11. The molecule has 5 nitrogen and oxygen atoms in total. The summed E-state index contributed by atoms with van der Waals surface area (Å²) in [6.07, 6.45) is 2.45. The van der Waals surface area contributed by atoms with Crippen molar-refractivity contribution in [2.45, 2.75) is 19.9 Å². The maximum absolute atomic E-state index is 10.6. The summed E-state index contributed by atoms with van der Waals surface area (Å²) in [6, 6.07) is 11.1. The SMILES string of the molecule is CCc1ccc(CNc2cc([N+](=O)[O-])ccn2)cc1. The van der Waals surface area contributed by atoms with E-state index in [2.05, 4.69) is 29.4 Å². The molecule has 19 heavy (non-hydrogen) atoms. The van der Waals surface area contributed by atoms with Gasteiger partial charge in [0.2, 0.25) is 0 Å². The van der Waals surface area contributed by atoms with Crippen LogP contribution in [0, 0.1) is 10.1 Å². The van der Waals surface area contributed by atoms with Gasteiger partial charge in [0.25, 0.3) is 5.69 Å². The number of benzene rings is 1. The van der Waals surface area contributed by atoms with Gasteiger partial charge in [0, 0.05) is 18.8 Å². The minimum Gasteiger partial charge on any atom is -0.366 e. The Morgan fingerprint density at radius 3 is 2.53 bits per heavy atom. The molecule has 1 heterocycles. The first-order valence-electron chi connectivity index (χ1n) is 6.11. The Balaban J connectivity index is 2.01. The number of pyridine rings is 1. The molecule has 0 amide bonds. The molecule has 5 heteroatoms. The number of nitrogens with one attached hydrogen (secondary N) is 1. The maximum atomic E-state index is 10.6. The second kappa shape index (κ2) is 5.95. The number of aromatic nitrogens is 1. The van der Waals surface area contributed by atoms with Gasteiger partial charge in [-0.05, 0) is 17.5 Å². The van der Waals surface area contributed by atoms with E-state index in [1.807, 2.05) is 12.1 Å². The topological polar surface area (TPSA) is 68.1 Å². The van der Waals surface area contributed by atoms with E-state index in [0.717, 1.165) is 12.0 Å². The first-order chi connectivity index (χ1) is 9.19. The summed E-state index contributed by atoms with van der Waals surface area (Å²) in [4.78, 5) is 14.3. The standard InChI is InChI=1S/C14H15N3O2/c1-2-11-3-5-12(6-4-11)10-16-14-9-13(17(18)19)7-8-15-14/h3-9H,2,10H2,1H3,(H,15,16). The number of nitro groups is 1. The average Bonchev–Trinajstić information content (AvgIpc) is 2.46. The van der Waals surface area contributed by atoms with E-state index in [4.69, 9.17) is 0 Å². The molecule has 0 aliphatic heterocycles. The fourth-order valence-electron chi connectivity index (χ4n) is 1.72. The molecule has 2 rings (SSSR count). The van der Waals surface area contributed by atoms with Crippen molar-refractivity contribution in [1.82, 2.24) is 4.98 Å². The molecule has 1 N–H and O–H groups in total. The highest BCUT2D eigenvalue weighted by atomic mass is 16.6. The molecule has 1 aromatic carbocycles. The zero-order valence-electron chi connectivity index (χ0n) is 10.7. The van der Waals surface area contributed by atoms with Gasteiger partial charge in [0.05, 0.1) is 11.0 Å². The molecule has 0 saturated heterocycles. The van der Waals surface area contributed by atoms with Crippen LogP contribution in [0.15, 0.2) is 42.6 Å². The van der Waals surface area contributed by atoms with Crippen molar-refractivity contribution in [2.75, 3.05) is 5.32 Å². The van der Waals surface area contributed by atoms with Crippen molar-refractivity contribution >= 4 is 11.5 Å². The average molecular weight is 257 g/mol. The van der Waals surface area contributed by atoms with E-state index in [1.54, 1.807) is 0 Å². The van der Waals surface area contributed by atoms with Crippen molar-refractivity contribution in [1.29, 1.82) is 0 Å². The third kappa shape index (κ3) is 3.51. The highest BCUT2D eigenvalue weighted by molar-refractivity contribution is 5.44. The minimum absolute atomic E-state index is 0.0406. The Kier molecular flexibility index (Phi) is 4.07. The molecule has 98 valence electrons. The van der Waals surface area contributed by atoms with Crippen molar-refractivity contribution in [2.24, 2.45) is 0 Å². The lowest BCUT2D eigenvalue weighted by Crippen LogP contribution is -2.02. The zero-order chi connectivity index (χ0) is 13.7. The van der Waals surface area contributed by atoms with E-state index < -0.39 is 4.92 Å². The van der Waals surface area contributed by atoms with Crippen LogP contribution in [0.3, 0.4) is 0 Å². The fraction of sp³-hybridized carbons (Fsp3) is 0.214. The van der Waals surface area contributed by atoms with Crippen molar-refractivity contribution < 1.29 is 4.92 Å². The predicted molar refractivity (Wildman–Crippen MR) is 74.0 cm³/mol. The van der Waals surface area contributed by atoms with Crippen LogP contribution in [0.1, 0.15) is 18.1 Å². The summed E-state index contributed by atoms with van der Waals surface area (Å²) >= 11 is 0. The summed E-state index contributed by atoms with van der Waals surface area (Å²) in [5.74, 6) is 0.508. The summed E-state index contributed by atoms with van der Waals surface area (Å²) in [6.45, 7) is 2.71. The maximum Gasteiger partial charge on any atom is 0.274 e. The lowest BCUT2D eigenvalue weighted by Gasteiger charge is -2.06. The van der Waals surface area contributed by atoms with Gasteiger partial charge in [-0.3, -0.25) is 10.1 Å². The van der Waals surface area contributed by atoms with Crippen LogP contribution >= 0.6 is 0 Å². The van der Waals surface area contributed by atoms with Gasteiger partial charge >= 0.3 is 0 Å². The molecule has 2 aromatic rings. The van der Waals surface area contributed by atoms with Gasteiger partial charge in [-0.1, -0.05) is 31.2 Å². The van der Waals surface area contributed by atoms with Gasteiger partial charge in [0.1, 0.15) is 5.82 Å². The minimum atomic E-state index is -0.428. The third-order valence-electron chi connectivity index (χ3n) is 2.86. The van der Waals surface area contributed by atoms with Crippen molar-refractivity contribution in [3.05, 3.63) is 63.8 Å². The van der Waals surface area contributed by atoms with Crippen LogP contribution < -0.4 is 5.32 Å². The summed E-state index contributed by atoms with van der Waals surface area (Å²) < 4.78 is 0. The highest BCUT2D eigenvalue weighted by Gasteiger charge is 2.06. The normalized spacial score (nSPS) is 10.2. The lowest BCUT2D eigenvalue weighted by atomic mass is 10.1. The number of aryl methyl sites for hydroxylation is 1. The van der Waals surface area contributed by atoms with Crippen LogP contribution in [-0.4, -0.2) is 9.91 Å². The quantitative estimate of drug-likeness (QED) is 0.660. The molecule has 0 atom stereocenters. The number of hydrogen-bond acceptors (Lipinski definition) is 4. The Morgan fingerprint density at radius 1 is 1.21 bits per heavy atom. The van der Waals surface area contributed by atoms with Crippen LogP contribution in [0.4, 0.5) is 11.5 Å².